The van der Waals surface area contributed by atoms with Crippen LogP contribution in [0.2, 0.25) is 5.02 Å². The van der Waals surface area contributed by atoms with Gasteiger partial charge in [-0.05, 0) is 48.5 Å². The molecule has 33 heavy (non-hydrogen) atoms. The highest BCUT2D eigenvalue weighted by atomic mass is 35.5. The summed E-state index contributed by atoms with van der Waals surface area (Å²) >= 11 is 6.44. The maximum Gasteiger partial charge on any atom is 0.251 e. The smallest absolute Gasteiger partial charge is 0.251 e. The molecule has 0 unspecified atom stereocenters. The Hall–Kier alpha value is -4.10. The highest BCUT2D eigenvalue weighted by Gasteiger charge is 2.18. The zero-order valence-electron chi connectivity index (χ0n) is 17.2. The van der Waals surface area contributed by atoms with Crippen LogP contribution in [-0.2, 0) is 6.54 Å². The first kappa shape index (κ1) is 20.8. The lowest BCUT2D eigenvalue weighted by Crippen LogP contribution is -2.22. The summed E-state index contributed by atoms with van der Waals surface area (Å²) in [6.45, 7) is 0.305. The van der Waals surface area contributed by atoms with Crippen molar-refractivity contribution in [2.24, 2.45) is 0 Å². The second-order valence-electron chi connectivity index (χ2n) is 7.38. The highest BCUT2D eigenvalue weighted by Crippen LogP contribution is 2.34. The third-order valence-corrected chi connectivity index (χ3v) is 5.54. The Kier molecular flexibility index (Phi) is 5.54. The van der Waals surface area contributed by atoms with E-state index in [9.17, 15) is 9.18 Å². The monoisotopic (exact) mass is 457 g/mol. The molecule has 5 aromatic rings. The number of carbonyl (C=O) groups is 1. The summed E-state index contributed by atoms with van der Waals surface area (Å²) in [4.78, 5) is 20.7. The van der Waals surface area contributed by atoms with Crippen LogP contribution in [0.3, 0.4) is 0 Å². The molecule has 0 aliphatic carbocycles. The molecule has 1 N–H and O–H groups in total. The quantitative estimate of drug-likeness (QED) is 0.393. The number of carbonyl (C=O) groups excluding carboxylic acids is 1. The van der Waals surface area contributed by atoms with Gasteiger partial charge in [-0.1, -0.05) is 29.8 Å². The largest absolute Gasteiger partial charge is 0.348 e. The molecule has 5 rings (SSSR count). The summed E-state index contributed by atoms with van der Waals surface area (Å²) in [7, 11) is 0. The average molecular weight is 458 g/mol. The lowest BCUT2D eigenvalue weighted by atomic mass is 10.1. The first-order chi connectivity index (χ1) is 16.1. The molecule has 0 saturated heterocycles. The van der Waals surface area contributed by atoms with Gasteiger partial charge in [0, 0.05) is 41.0 Å². The SMILES string of the molecule is O=C(NCc1cncnc1)c1ccc2c(-c3ccccc3Cl)nn(-c3ccc(F)cc3)c2c1. The molecule has 0 saturated carbocycles. The topological polar surface area (TPSA) is 72.7 Å². The molecule has 0 atom stereocenters. The molecule has 1 amide bonds. The molecule has 8 heteroatoms. The fraction of sp³-hybridized carbons (Fsp3) is 0.0400. The van der Waals surface area contributed by atoms with E-state index < -0.39 is 0 Å². The summed E-state index contributed by atoms with van der Waals surface area (Å²) in [5.41, 5.74) is 4.07. The Bertz CT molecular complexity index is 1450. The fourth-order valence-corrected chi connectivity index (χ4v) is 3.82. The first-order valence-corrected chi connectivity index (χ1v) is 10.5. The molecule has 3 aromatic carbocycles. The van der Waals surface area contributed by atoms with Crippen molar-refractivity contribution < 1.29 is 9.18 Å². The number of rotatable bonds is 5. The predicted octanol–water partition coefficient (Wildman–Crippen LogP) is 5.21. The van der Waals surface area contributed by atoms with E-state index in [1.54, 1.807) is 47.4 Å². The molecule has 0 spiro atoms. The Morgan fingerprint density at radius 3 is 2.52 bits per heavy atom. The molecule has 0 bridgehead atoms. The van der Waals surface area contributed by atoms with Crippen molar-refractivity contribution in [2.45, 2.75) is 6.54 Å². The van der Waals surface area contributed by atoms with Crippen molar-refractivity contribution in [3.63, 3.8) is 0 Å². The van der Waals surface area contributed by atoms with Gasteiger partial charge in [-0.3, -0.25) is 4.79 Å². The number of nitrogens with one attached hydrogen (secondary N) is 1. The van der Waals surface area contributed by atoms with Crippen LogP contribution in [0.1, 0.15) is 15.9 Å². The van der Waals surface area contributed by atoms with Crippen molar-refractivity contribution >= 4 is 28.4 Å². The Morgan fingerprint density at radius 1 is 1.00 bits per heavy atom. The average Bonchev–Trinajstić information content (AvgIpc) is 3.22. The maximum absolute atomic E-state index is 13.5. The predicted molar refractivity (Wildman–Crippen MR) is 125 cm³/mol. The number of fused-ring (bicyclic) bond motifs is 1. The minimum atomic E-state index is -0.341. The van der Waals surface area contributed by atoms with Crippen LogP contribution in [0.4, 0.5) is 4.39 Å². The molecule has 0 radical (unpaired) electrons. The number of halogens is 2. The van der Waals surface area contributed by atoms with Gasteiger partial charge in [0.2, 0.25) is 0 Å². The van der Waals surface area contributed by atoms with Crippen molar-refractivity contribution in [3.05, 3.63) is 107 Å². The minimum Gasteiger partial charge on any atom is -0.348 e. The molecular weight excluding hydrogens is 441 g/mol. The van der Waals surface area contributed by atoms with Crippen molar-refractivity contribution in [1.82, 2.24) is 25.1 Å². The lowest BCUT2D eigenvalue weighted by Gasteiger charge is -2.07. The number of nitrogens with zero attached hydrogens (tertiary/aromatic N) is 4. The van der Waals surface area contributed by atoms with Gasteiger partial charge in [-0.15, -0.1) is 0 Å². The first-order valence-electron chi connectivity index (χ1n) is 10.2. The fourth-order valence-electron chi connectivity index (χ4n) is 3.59. The van der Waals surface area contributed by atoms with Gasteiger partial charge in [-0.25, -0.2) is 19.0 Å². The molecule has 0 fully saturated rings. The van der Waals surface area contributed by atoms with Crippen LogP contribution in [0.25, 0.3) is 27.8 Å². The normalized spacial score (nSPS) is 11.0. The van der Waals surface area contributed by atoms with Crippen molar-refractivity contribution in [1.29, 1.82) is 0 Å². The zero-order valence-corrected chi connectivity index (χ0v) is 18.0. The van der Waals surface area contributed by atoms with Crippen molar-refractivity contribution in [2.75, 3.05) is 0 Å². The molecular formula is C25H17ClFN5O. The van der Waals surface area contributed by atoms with Gasteiger partial charge in [0.05, 0.1) is 16.2 Å². The van der Waals surface area contributed by atoms with E-state index >= 15 is 0 Å². The number of amides is 1. The zero-order chi connectivity index (χ0) is 22.8. The molecule has 0 aliphatic heterocycles. The lowest BCUT2D eigenvalue weighted by molar-refractivity contribution is 0.0951. The van der Waals surface area contributed by atoms with Crippen LogP contribution in [-0.4, -0.2) is 25.7 Å². The summed E-state index contributed by atoms with van der Waals surface area (Å²) in [6.07, 6.45) is 4.73. The van der Waals surface area contributed by atoms with E-state index in [1.807, 2.05) is 24.3 Å². The van der Waals surface area contributed by atoms with Gasteiger partial charge in [0.25, 0.3) is 5.91 Å². The second kappa shape index (κ2) is 8.80. The maximum atomic E-state index is 13.5. The third kappa shape index (κ3) is 4.18. The molecule has 162 valence electrons. The highest BCUT2D eigenvalue weighted by molar-refractivity contribution is 6.33. The van der Waals surface area contributed by atoms with Gasteiger partial charge < -0.3 is 5.32 Å². The van der Waals surface area contributed by atoms with Crippen molar-refractivity contribution in [3.8, 4) is 16.9 Å². The second-order valence-corrected chi connectivity index (χ2v) is 7.79. The van der Waals surface area contributed by atoms with Crippen LogP contribution in [0, 0.1) is 5.82 Å². The van der Waals surface area contributed by atoms with Gasteiger partial charge >= 0.3 is 0 Å². The van der Waals surface area contributed by atoms with Crippen LogP contribution in [0.5, 0.6) is 0 Å². The molecule has 0 aliphatic rings. The van der Waals surface area contributed by atoms with Gasteiger partial charge in [0.15, 0.2) is 0 Å². The van der Waals surface area contributed by atoms with E-state index in [2.05, 4.69) is 15.3 Å². The van der Waals surface area contributed by atoms with E-state index in [-0.39, 0.29) is 11.7 Å². The third-order valence-electron chi connectivity index (χ3n) is 5.21. The van der Waals surface area contributed by atoms with Gasteiger partial charge in [-0.2, -0.15) is 5.10 Å². The number of aromatic nitrogens is 4. The van der Waals surface area contributed by atoms with Crippen LogP contribution in [0.15, 0.2) is 85.5 Å². The Morgan fingerprint density at radius 2 is 1.76 bits per heavy atom. The Labute approximate surface area is 193 Å². The number of benzene rings is 3. The van der Waals surface area contributed by atoms with E-state index in [0.717, 1.165) is 16.5 Å². The van der Waals surface area contributed by atoms with E-state index in [0.29, 0.717) is 34.0 Å². The minimum absolute atomic E-state index is 0.244. The molecule has 2 aromatic heterocycles. The van der Waals surface area contributed by atoms with Crippen LogP contribution < -0.4 is 5.32 Å². The number of hydrogen-bond acceptors (Lipinski definition) is 4. The molecule has 6 nitrogen and oxygen atoms in total. The van der Waals surface area contributed by atoms with E-state index in [1.165, 1.54) is 18.5 Å². The summed E-state index contributed by atoms with van der Waals surface area (Å²) in [6, 6.07) is 18.8. The molecule has 2 heterocycles. The summed E-state index contributed by atoms with van der Waals surface area (Å²) < 4.78 is 15.2. The Balaban J connectivity index is 1.59. The van der Waals surface area contributed by atoms with Gasteiger partial charge in [0.1, 0.15) is 17.8 Å². The standard InChI is InChI=1S/C25H17ClFN5O/c26-22-4-2-1-3-20(22)24-21-10-5-17(25(33)30-14-16-12-28-15-29-13-16)11-23(21)32(31-24)19-8-6-18(27)7-9-19/h1-13,15H,14H2,(H,30,33). The van der Waals surface area contributed by atoms with E-state index in [4.69, 9.17) is 16.7 Å². The summed E-state index contributed by atoms with van der Waals surface area (Å²) in [5, 5.41) is 9.04. The number of hydrogen-bond donors (Lipinski definition) is 1. The van der Waals surface area contributed by atoms with Crippen LogP contribution >= 0.6 is 11.6 Å². The summed E-state index contributed by atoms with van der Waals surface area (Å²) in [5.74, 6) is -0.585.